The normalized spacial score (nSPS) is 11.3. The lowest BCUT2D eigenvalue weighted by molar-refractivity contribution is -0.117. The van der Waals surface area contributed by atoms with E-state index in [1.807, 2.05) is 6.92 Å². The third-order valence-corrected chi connectivity index (χ3v) is 4.96. The van der Waals surface area contributed by atoms with E-state index in [1.54, 1.807) is 19.0 Å². The first-order valence-electron chi connectivity index (χ1n) is 7.93. The number of amides is 1. The molecule has 1 unspecified atom stereocenters. The molecule has 0 saturated heterocycles. The van der Waals surface area contributed by atoms with Crippen molar-refractivity contribution in [3.05, 3.63) is 52.4 Å². The van der Waals surface area contributed by atoms with E-state index in [-0.39, 0.29) is 16.3 Å². The summed E-state index contributed by atoms with van der Waals surface area (Å²) in [7, 11) is 3.48. The second kappa shape index (κ2) is 8.47. The fraction of sp³-hybridized carbons (Fsp3) is 0.278. The summed E-state index contributed by atoms with van der Waals surface area (Å²) in [6.45, 7) is 9.29. The number of nitriles is 1. The van der Waals surface area contributed by atoms with Gasteiger partial charge in [-0.1, -0.05) is 18.7 Å². The molecule has 0 spiro atoms. The lowest BCUT2D eigenvalue weighted by Gasteiger charge is -2.20. The van der Waals surface area contributed by atoms with Gasteiger partial charge in [0, 0.05) is 14.1 Å². The number of halogens is 1. The Labute approximate surface area is 160 Å². The fourth-order valence-electron chi connectivity index (χ4n) is 2.48. The van der Waals surface area contributed by atoms with Crippen LogP contribution in [-0.4, -0.2) is 30.0 Å². The van der Waals surface area contributed by atoms with Gasteiger partial charge in [-0.15, -0.1) is 0 Å². The molecule has 27 heavy (non-hydrogen) atoms. The Balaban J connectivity index is 2.64. The molecular weight excluding hydrogens is 367 g/mol. The summed E-state index contributed by atoms with van der Waals surface area (Å²) in [5, 5.41) is 8.96. The highest BCUT2D eigenvalue weighted by Crippen LogP contribution is 2.41. The van der Waals surface area contributed by atoms with E-state index in [4.69, 9.17) is 12.3 Å². The summed E-state index contributed by atoms with van der Waals surface area (Å²) < 4.78 is 13.1. The maximum absolute atomic E-state index is 13.1. The Bertz CT molecular complexity index is 946. The van der Waals surface area contributed by atoms with Crippen LogP contribution >= 0.6 is 11.8 Å². The molecule has 0 saturated carbocycles. The van der Waals surface area contributed by atoms with Crippen LogP contribution in [0.4, 0.5) is 15.9 Å². The first kappa shape index (κ1) is 20.1. The number of thioether (sulfide) groups is 1. The molecular formula is C18H17FN6OS. The number of hydrogen-bond acceptors (Lipinski definition) is 6. The van der Waals surface area contributed by atoms with Crippen LogP contribution in [0, 0.1) is 23.7 Å². The molecule has 0 aliphatic carbocycles. The Hall–Kier alpha value is -3.17. The van der Waals surface area contributed by atoms with E-state index < -0.39 is 17.0 Å². The minimum Gasteiger partial charge on any atom is -0.371 e. The Morgan fingerprint density at radius 3 is 2.67 bits per heavy atom. The molecule has 0 fully saturated rings. The summed E-state index contributed by atoms with van der Waals surface area (Å²) >= 11 is 0.965. The van der Waals surface area contributed by atoms with Gasteiger partial charge in [0.1, 0.15) is 28.0 Å². The van der Waals surface area contributed by atoms with Crippen molar-refractivity contribution in [3.63, 3.8) is 0 Å². The minimum absolute atomic E-state index is 0.229. The number of pyridine rings is 2. The molecule has 0 aromatic carbocycles. The van der Waals surface area contributed by atoms with Crippen LogP contribution < -0.4 is 10.6 Å². The molecule has 1 amide bonds. The third kappa shape index (κ3) is 4.15. The van der Waals surface area contributed by atoms with Gasteiger partial charge < -0.3 is 10.6 Å². The lowest BCUT2D eigenvalue weighted by atomic mass is 10.1. The molecule has 2 N–H and O–H groups in total. The van der Waals surface area contributed by atoms with Crippen molar-refractivity contribution in [2.45, 2.75) is 23.6 Å². The zero-order valence-electron chi connectivity index (χ0n) is 15.0. The van der Waals surface area contributed by atoms with E-state index in [9.17, 15) is 14.4 Å². The number of nitrogens with two attached hydrogens (primary N) is 1. The van der Waals surface area contributed by atoms with Crippen molar-refractivity contribution >= 4 is 29.2 Å². The average molecular weight is 384 g/mol. The molecule has 0 bridgehead atoms. The number of primary amides is 1. The highest BCUT2D eigenvalue weighted by atomic mass is 32.2. The van der Waals surface area contributed by atoms with Gasteiger partial charge in [0.15, 0.2) is 0 Å². The molecule has 7 nitrogen and oxygen atoms in total. The van der Waals surface area contributed by atoms with Crippen molar-refractivity contribution in [1.29, 1.82) is 5.26 Å². The smallest absolute Gasteiger partial charge is 0.237 e. The van der Waals surface area contributed by atoms with Crippen LogP contribution in [0.1, 0.15) is 29.0 Å². The van der Waals surface area contributed by atoms with E-state index in [2.05, 4.69) is 20.9 Å². The molecule has 9 heteroatoms. The van der Waals surface area contributed by atoms with E-state index in [1.165, 1.54) is 12.1 Å². The quantitative estimate of drug-likeness (QED) is 0.607. The van der Waals surface area contributed by atoms with Crippen LogP contribution in [0.15, 0.2) is 23.4 Å². The zero-order valence-corrected chi connectivity index (χ0v) is 15.8. The van der Waals surface area contributed by atoms with Gasteiger partial charge in [0.25, 0.3) is 0 Å². The molecule has 138 valence electrons. The van der Waals surface area contributed by atoms with Gasteiger partial charge in [-0.2, -0.15) is 5.26 Å². The average Bonchev–Trinajstić information content (AvgIpc) is 2.65. The van der Waals surface area contributed by atoms with Crippen LogP contribution in [-0.2, 0) is 11.2 Å². The number of nitrogens with zero attached hydrogens (tertiary/aromatic N) is 5. The SMILES string of the molecule is [C-]#[N+]c1c(N(C)C)nc(SC(C(N)=O)c2ccc(F)cn2)c(C#N)c1CC. The number of carbonyl (C=O) groups is 1. The largest absolute Gasteiger partial charge is 0.371 e. The number of hydrogen-bond donors (Lipinski definition) is 1. The van der Waals surface area contributed by atoms with Crippen LogP contribution in [0.2, 0.25) is 0 Å². The maximum atomic E-state index is 13.1. The molecule has 2 rings (SSSR count). The second-order valence-electron chi connectivity index (χ2n) is 5.72. The fourth-order valence-corrected chi connectivity index (χ4v) is 3.51. The second-order valence-corrected chi connectivity index (χ2v) is 6.81. The van der Waals surface area contributed by atoms with Crippen LogP contribution in [0.5, 0.6) is 0 Å². The topological polar surface area (TPSA) is 100 Å². The van der Waals surface area contributed by atoms with Gasteiger partial charge in [0.2, 0.25) is 11.6 Å². The van der Waals surface area contributed by atoms with E-state index in [0.717, 1.165) is 18.0 Å². The van der Waals surface area contributed by atoms with Gasteiger partial charge in [-0.3, -0.25) is 9.78 Å². The highest BCUT2D eigenvalue weighted by molar-refractivity contribution is 8.00. The van der Waals surface area contributed by atoms with Crippen LogP contribution in [0.3, 0.4) is 0 Å². The summed E-state index contributed by atoms with van der Waals surface area (Å²) in [5.74, 6) is -0.825. The molecule has 2 aromatic heterocycles. The summed E-state index contributed by atoms with van der Waals surface area (Å²) in [5.41, 5.74) is 6.86. The predicted octanol–water partition coefficient (Wildman–Crippen LogP) is 2.99. The Morgan fingerprint density at radius 1 is 1.52 bits per heavy atom. The van der Waals surface area contributed by atoms with E-state index in [0.29, 0.717) is 23.5 Å². The zero-order chi connectivity index (χ0) is 20.1. The summed E-state index contributed by atoms with van der Waals surface area (Å²) in [6, 6.07) is 4.63. The predicted molar refractivity (Wildman–Crippen MR) is 101 cm³/mol. The standard InChI is InChI=1S/C18H17FN6OS/c1-5-11-12(8-20)18(24-17(25(3)4)14(11)22-2)27-15(16(21)26)13-7-6-10(19)9-23-13/h6-7,9,15H,5H2,1,3-4H3,(H2,21,26). The monoisotopic (exact) mass is 384 g/mol. The number of carbonyl (C=O) groups excluding carboxylic acids is 1. The molecule has 2 aromatic rings. The maximum Gasteiger partial charge on any atom is 0.237 e. The number of anilines is 1. The van der Waals surface area contributed by atoms with Crippen LogP contribution in [0.25, 0.3) is 4.85 Å². The molecule has 0 aliphatic heterocycles. The Kier molecular flexibility index (Phi) is 6.32. The Morgan fingerprint density at radius 2 is 2.22 bits per heavy atom. The van der Waals surface area contributed by atoms with Gasteiger partial charge in [0.05, 0.1) is 24.0 Å². The lowest BCUT2D eigenvalue weighted by Crippen LogP contribution is -2.20. The highest BCUT2D eigenvalue weighted by Gasteiger charge is 2.27. The van der Waals surface area contributed by atoms with Crippen molar-refractivity contribution in [3.8, 4) is 6.07 Å². The minimum atomic E-state index is -0.955. The van der Waals surface area contributed by atoms with Crippen molar-refractivity contribution in [2.75, 3.05) is 19.0 Å². The van der Waals surface area contributed by atoms with Crippen molar-refractivity contribution in [2.24, 2.45) is 5.73 Å². The van der Waals surface area contributed by atoms with Gasteiger partial charge in [-0.25, -0.2) is 14.2 Å². The summed E-state index contributed by atoms with van der Waals surface area (Å²) in [6.07, 6.45) is 1.45. The van der Waals surface area contributed by atoms with Gasteiger partial charge >= 0.3 is 0 Å². The van der Waals surface area contributed by atoms with Gasteiger partial charge in [-0.05, 0) is 24.1 Å². The molecule has 0 radical (unpaired) electrons. The van der Waals surface area contributed by atoms with E-state index >= 15 is 0 Å². The molecule has 0 aliphatic rings. The van der Waals surface area contributed by atoms with Crippen molar-refractivity contribution < 1.29 is 9.18 Å². The third-order valence-electron chi connectivity index (χ3n) is 3.73. The number of rotatable bonds is 6. The molecule has 2 heterocycles. The molecule has 1 atom stereocenters. The first-order valence-corrected chi connectivity index (χ1v) is 8.81. The van der Waals surface area contributed by atoms with Crippen molar-refractivity contribution in [1.82, 2.24) is 9.97 Å². The number of aromatic nitrogens is 2. The first-order chi connectivity index (χ1) is 12.8. The summed E-state index contributed by atoms with van der Waals surface area (Å²) in [4.78, 5) is 25.5.